The molecular weight excluding hydrogens is 745 g/mol. The summed E-state index contributed by atoms with van der Waals surface area (Å²) in [5, 5.41) is 20.3. The van der Waals surface area contributed by atoms with Gasteiger partial charge in [-0.05, 0) is 76.9 Å². The molecule has 1 aliphatic rings. The van der Waals surface area contributed by atoms with Crippen molar-refractivity contribution in [1.82, 2.24) is 24.2 Å². The topological polar surface area (TPSA) is 147 Å². The van der Waals surface area contributed by atoms with Gasteiger partial charge in [0, 0.05) is 53.3 Å². The standard InChI is InChI=1S/C41H43Cl2N5O7/c1-40(2,3)55-39(53)46(19-20-49)23-26-13-14-32(45-36(26)54-5)31-12-7-11-30(35(31)43)29-10-6-9-28(34(29)42)25-15-18-48-33(21-25)44-22-27(37(48)50)24-47-17-8-16-41(47,4)38(51)52/h6-7,9-15,18,21-22,49H,8,16-17,19-20,23-24H2,1-5H3,(H,51,52). The summed E-state index contributed by atoms with van der Waals surface area (Å²) in [6, 6.07) is 18.4. The highest BCUT2D eigenvalue weighted by atomic mass is 35.5. The van der Waals surface area contributed by atoms with Crippen LogP contribution < -0.4 is 10.3 Å². The third-order valence-electron chi connectivity index (χ3n) is 9.78. The number of halogens is 2. The summed E-state index contributed by atoms with van der Waals surface area (Å²) < 4.78 is 12.6. The number of carboxylic acids is 1. The fourth-order valence-corrected chi connectivity index (χ4v) is 7.48. The van der Waals surface area contributed by atoms with Crippen LogP contribution in [0.2, 0.25) is 10.0 Å². The highest BCUT2D eigenvalue weighted by Gasteiger charge is 2.43. The Morgan fingerprint density at radius 2 is 1.65 bits per heavy atom. The quantitative estimate of drug-likeness (QED) is 0.137. The van der Waals surface area contributed by atoms with Crippen LogP contribution in [-0.2, 0) is 22.6 Å². The second-order valence-electron chi connectivity index (χ2n) is 14.7. The van der Waals surface area contributed by atoms with Gasteiger partial charge in [-0.2, -0.15) is 0 Å². The zero-order chi connectivity index (χ0) is 39.7. The van der Waals surface area contributed by atoms with E-state index in [1.54, 1.807) is 58.2 Å². The first-order chi connectivity index (χ1) is 26.1. The Balaban J connectivity index is 1.29. The first-order valence-corrected chi connectivity index (χ1v) is 18.6. The van der Waals surface area contributed by atoms with Crippen molar-refractivity contribution in [2.45, 2.75) is 64.8 Å². The molecule has 2 aromatic carbocycles. The molecule has 0 radical (unpaired) electrons. The van der Waals surface area contributed by atoms with Gasteiger partial charge in [0.2, 0.25) is 5.88 Å². The van der Waals surface area contributed by atoms with Gasteiger partial charge in [-0.25, -0.2) is 14.8 Å². The lowest BCUT2D eigenvalue weighted by atomic mass is 9.97. The maximum Gasteiger partial charge on any atom is 0.410 e. The number of aromatic nitrogens is 3. The largest absolute Gasteiger partial charge is 0.481 e. The summed E-state index contributed by atoms with van der Waals surface area (Å²) in [6.45, 7) is 7.73. The first-order valence-electron chi connectivity index (χ1n) is 17.8. The summed E-state index contributed by atoms with van der Waals surface area (Å²) in [5.74, 6) is -0.613. The Morgan fingerprint density at radius 1 is 0.982 bits per heavy atom. The van der Waals surface area contributed by atoms with E-state index >= 15 is 0 Å². The molecule has 1 unspecified atom stereocenters. The molecule has 55 heavy (non-hydrogen) atoms. The van der Waals surface area contributed by atoms with Crippen LogP contribution in [0.1, 0.15) is 51.7 Å². The van der Waals surface area contributed by atoms with Gasteiger partial charge in [0.15, 0.2) is 0 Å². The van der Waals surface area contributed by atoms with Crippen molar-refractivity contribution in [3.05, 3.63) is 105 Å². The van der Waals surface area contributed by atoms with Gasteiger partial charge >= 0.3 is 12.1 Å². The van der Waals surface area contributed by atoms with E-state index in [1.165, 1.54) is 22.6 Å². The van der Waals surface area contributed by atoms with Crippen molar-refractivity contribution >= 4 is 40.9 Å². The average Bonchev–Trinajstić information content (AvgIpc) is 3.53. The molecule has 1 saturated heterocycles. The van der Waals surface area contributed by atoms with Gasteiger partial charge in [-0.3, -0.25) is 18.9 Å². The third-order valence-corrected chi connectivity index (χ3v) is 10.6. The number of pyridine rings is 2. The number of aliphatic hydroxyl groups excluding tert-OH is 1. The number of amides is 1. The molecule has 1 aliphatic heterocycles. The van der Waals surface area contributed by atoms with E-state index in [0.717, 1.165) is 12.0 Å². The molecule has 0 bridgehead atoms. The third kappa shape index (κ3) is 8.18. The molecule has 1 amide bonds. The predicted octanol–water partition coefficient (Wildman–Crippen LogP) is 7.57. The number of rotatable bonds is 11. The Bertz CT molecular complexity index is 2330. The van der Waals surface area contributed by atoms with Gasteiger partial charge in [0.25, 0.3) is 5.56 Å². The van der Waals surface area contributed by atoms with E-state index in [9.17, 15) is 24.6 Å². The number of fused-ring (bicyclic) bond motifs is 1. The lowest BCUT2D eigenvalue weighted by molar-refractivity contribution is -0.148. The number of benzene rings is 2. The number of hydrogen-bond donors (Lipinski definition) is 2. The van der Waals surface area contributed by atoms with Crippen molar-refractivity contribution in [3.63, 3.8) is 0 Å². The van der Waals surface area contributed by atoms with Crippen LogP contribution in [0.25, 0.3) is 39.2 Å². The van der Waals surface area contributed by atoms with Crippen molar-refractivity contribution in [3.8, 4) is 39.4 Å². The Labute approximate surface area is 328 Å². The summed E-state index contributed by atoms with van der Waals surface area (Å²) >= 11 is 14.2. The molecule has 2 N–H and O–H groups in total. The Kier molecular flexibility index (Phi) is 11.5. The minimum atomic E-state index is -1.03. The average molecular weight is 789 g/mol. The molecule has 1 atom stereocenters. The SMILES string of the molecule is COc1nc(-c2cccc(-c3cccc(-c4ccn5c(=O)c(CN6CCCC6(C)C(=O)O)cnc5c4)c3Cl)c2Cl)ccc1CN(CCO)C(=O)OC(C)(C)C. The van der Waals surface area contributed by atoms with Gasteiger partial charge < -0.3 is 24.6 Å². The fraction of sp³-hybridized carbons (Fsp3) is 0.341. The molecule has 0 spiro atoms. The number of hydrogen-bond acceptors (Lipinski definition) is 9. The summed E-state index contributed by atoms with van der Waals surface area (Å²) in [7, 11) is 1.49. The second-order valence-corrected chi connectivity index (χ2v) is 15.4. The normalized spacial score (nSPS) is 16.0. The maximum atomic E-state index is 13.5. The number of carboxylic acid groups (broad SMARTS) is 1. The molecule has 6 rings (SSSR count). The number of aliphatic carboxylic acids is 1. The van der Waals surface area contributed by atoms with Gasteiger partial charge in [0.1, 0.15) is 16.8 Å². The molecule has 288 valence electrons. The van der Waals surface area contributed by atoms with Crippen LogP contribution in [-0.4, -0.2) is 84.4 Å². The van der Waals surface area contributed by atoms with E-state index < -0.39 is 23.2 Å². The van der Waals surface area contributed by atoms with Crippen molar-refractivity contribution in [2.75, 3.05) is 26.8 Å². The smallest absolute Gasteiger partial charge is 0.410 e. The number of nitrogens with zero attached hydrogens (tertiary/aromatic N) is 5. The second kappa shape index (κ2) is 16.0. The minimum Gasteiger partial charge on any atom is -0.481 e. The zero-order valence-corrected chi connectivity index (χ0v) is 32.8. The number of carbonyl (C=O) groups is 2. The number of carbonyl (C=O) groups excluding carboxylic acids is 1. The summed E-state index contributed by atoms with van der Waals surface area (Å²) in [5.41, 5.74) is 3.42. The molecule has 4 heterocycles. The molecule has 5 aromatic rings. The molecular formula is C41H43Cl2N5O7. The lowest BCUT2D eigenvalue weighted by Gasteiger charge is -2.30. The maximum absolute atomic E-state index is 13.5. The number of likely N-dealkylation sites (tertiary alicyclic amines) is 1. The van der Waals surface area contributed by atoms with E-state index in [4.69, 9.17) is 37.7 Å². The molecule has 12 nitrogen and oxygen atoms in total. The van der Waals surface area contributed by atoms with Crippen LogP contribution >= 0.6 is 23.2 Å². The van der Waals surface area contributed by atoms with Crippen LogP contribution in [0.5, 0.6) is 5.88 Å². The highest BCUT2D eigenvalue weighted by molar-refractivity contribution is 6.39. The number of ether oxygens (including phenoxy) is 2. The Morgan fingerprint density at radius 3 is 2.31 bits per heavy atom. The predicted molar refractivity (Wildman–Crippen MR) is 212 cm³/mol. The van der Waals surface area contributed by atoms with Crippen LogP contribution in [0, 0.1) is 0 Å². The Hall–Kier alpha value is -5.01. The minimum absolute atomic E-state index is 0.0668. The lowest BCUT2D eigenvalue weighted by Crippen LogP contribution is -2.48. The van der Waals surface area contributed by atoms with Crippen LogP contribution in [0.4, 0.5) is 4.79 Å². The van der Waals surface area contributed by atoms with E-state index in [-0.39, 0.29) is 37.7 Å². The summed E-state index contributed by atoms with van der Waals surface area (Å²) in [6.07, 6.45) is 3.87. The van der Waals surface area contributed by atoms with Gasteiger partial charge in [0.05, 0.1) is 41.6 Å². The molecule has 14 heteroatoms. The van der Waals surface area contributed by atoms with Gasteiger partial charge in [-0.1, -0.05) is 59.6 Å². The van der Waals surface area contributed by atoms with Gasteiger partial charge in [-0.15, -0.1) is 0 Å². The fourth-order valence-electron chi connectivity index (χ4n) is 6.81. The molecule has 3 aromatic heterocycles. The van der Waals surface area contributed by atoms with E-state index in [2.05, 4.69) is 4.98 Å². The molecule has 1 fully saturated rings. The number of aliphatic hydroxyl groups is 1. The number of methoxy groups -OCH3 is 1. The zero-order valence-electron chi connectivity index (χ0n) is 31.3. The van der Waals surface area contributed by atoms with E-state index in [0.29, 0.717) is 67.7 Å². The molecule has 0 aliphatic carbocycles. The van der Waals surface area contributed by atoms with Crippen LogP contribution in [0.3, 0.4) is 0 Å². The first kappa shape index (κ1) is 39.7. The monoisotopic (exact) mass is 787 g/mol. The van der Waals surface area contributed by atoms with Crippen molar-refractivity contribution in [2.24, 2.45) is 0 Å². The molecule has 0 saturated carbocycles. The highest BCUT2D eigenvalue weighted by Crippen LogP contribution is 2.42. The van der Waals surface area contributed by atoms with Crippen molar-refractivity contribution in [1.29, 1.82) is 0 Å². The van der Waals surface area contributed by atoms with E-state index in [1.807, 2.05) is 41.3 Å². The van der Waals surface area contributed by atoms with Crippen LogP contribution in [0.15, 0.2) is 77.9 Å². The summed E-state index contributed by atoms with van der Waals surface area (Å²) in [4.78, 5) is 50.8. The van der Waals surface area contributed by atoms with Crippen molar-refractivity contribution < 1.29 is 29.3 Å².